The van der Waals surface area contributed by atoms with E-state index in [2.05, 4.69) is 10.1 Å². The van der Waals surface area contributed by atoms with Gasteiger partial charge in [-0.25, -0.2) is 9.59 Å². The summed E-state index contributed by atoms with van der Waals surface area (Å²) in [7, 11) is 1.32. The summed E-state index contributed by atoms with van der Waals surface area (Å²) in [5.74, 6) is -0.641. The lowest BCUT2D eigenvalue weighted by Crippen LogP contribution is -2.41. The Labute approximate surface area is 150 Å². The van der Waals surface area contributed by atoms with Crippen LogP contribution in [0.25, 0.3) is 0 Å². The molecule has 132 valence electrons. The van der Waals surface area contributed by atoms with Crippen LogP contribution in [-0.4, -0.2) is 29.9 Å². The molecule has 1 heterocycles. The Morgan fingerprint density at radius 2 is 1.88 bits per heavy atom. The van der Waals surface area contributed by atoms with Crippen LogP contribution < -0.4 is 5.32 Å². The predicted molar refractivity (Wildman–Crippen MR) is 93.3 cm³/mol. The zero-order chi connectivity index (χ0) is 18.3. The number of nitrogens with one attached hydrogen (secondary N) is 1. The number of carbonyl (C=O) groups is 3. The van der Waals surface area contributed by atoms with E-state index in [4.69, 9.17) is 0 Å². The van der Waals surface area contributed by atoms with E-state index in [9.17, 15) is 14.4 Å². The van der Waals surface area contributed by atoms with Gasteiger partial charge in [-0.2, -0.15) is 0 Å². The predicted octanol–water partition coefficient (Wildman–Crippen LogP) is 2.37. The van der Waals surface area contributed by atoms with Crippen molar-refractivity contribution in [1.29, 1.82) is 0 Å². The number of ether oxygens (including phenoxy) is 1. The Morgan fingerprint density at radius 1 is 1.15 bits per heavy atom. The minimum atomic E-state index is -0.945. The highest BCUT2D eigenvalue weighted by Gasteiger charge is 2.55. The highest BCUT2D eigenvalue weighted by molar-refractivity contribution is 6.08. The standard InChI is InChI=1S/C20H18N2O4/c1-26-17(23)15-8-6-13(7-9-15)12-22-18(24)20(21-19(22)25)11-10-14-4-2-3-5-16(14)20/h2-9H,10-12H2,1H3,(H,21,25)/t20-/m0/s1. The van der Waals surface area contributed by atoms with Crippen LogP contribution in [0.4, 0.5) is 4.79 Å². The summed E-state index contributed by atoms with van der Waals surface area (Å²) >= 11 is 0. The molecule has 0 aromatic heterocycles. The van der Waals surface area contributed by atoms with E-state index >= 15 is 0 Å². The molecule has 1 saturated heterocycles. The summed E-state index contributed by atoms with van der Waals surface area (Å²) in [5.41, 5.74) is 2.24. The molecule has 0 radical (unpaired) electrons. The van der Waals surface area contributed by atoms with Gasteiger partial charge < -0.3 is 10.1 Å². The molecule has 2 aromatic rings. The first-order valence-corrected chi connectivity index (χ1v) is 8.45. The average molecular weight is 350 g/mol. The molecule has 1 spiro atoms. The van der Waals surface area contributed by atoms with E-state index in [0.717, 1.165) is 23.1 Å². The monoisotopic (exact) mass is 350 g/mol. The third-order valence-electron chi connectivity index (χ3n) is 5.14. The van der Waals surface area contributed by atoms with E-state index in [1.54, 1.807) is 24.3 Å². The van der Waals surface area contributed by atoms with Crippen molar-refractivity contribution < 1.29 is 19.1 Å². The molecule has 1 N–H and O–H groups in total. The number of rotatable bonds is 3. The summed E-state index contributed by atoms with van der Waals surface area (Å²) in [6.45, 7) is 0.163. The van der Waals surface area contributed by atoms with Gasteiger partial charge >= 0.3 is 12.0 Å². The largest absolute Gasteiger partial charge is 0.465 e. The maximum Gasteiger partial charge on any atom is 0.337 e. The third-order valence-corrected chi connectivity index (χ3v) is 5.14. The molecule has 1 atom stereocenters. The number of benzene rings is 2. The lowest BCUT2D eigenvalue weighted by atomic mass is 9.92. The van der Waals surface area contributed by atoms with Gasteiger partial charge in [0.15, 0.2) is 0 Å². The molecular weight excluding hydrogens is 332 g/mol. The number of imide groups is 1. The fraction of sp³-hybridized carbons (Fsp3) is 0.250. The number of methoxy groups -OCH3 is 1. The van der Waals surface area contributed by atoms with Gasteiger partial charge in [0.2, 0.25) is 0 Å². The first kappa shape index (κ1) is 16.3. The molecule has 4 rings (SSSR count). The molecule has 1 aliphatic heterocycles. The Bertz CT molecular complexity index is 906. The number of hydrogen-bond donors (Lipinski definition) is 1. The zero-order valence-corrected chi connectivity index (χ0v) is 14.3. The van der Waals surface area contributed by atoms with E-state index in [1.165, 1.54) is 12.0 Å². The fourth-order valence-corrected chi connectivity index (χ4v) is 3.78. The van der Waals surface area contributed by atoms with E-state index in [0.29, 0.717) is 12.0 Å². The SMILES string of the molecule is COC(=O)c1ccc(CN2C(=O)N[C@]3(CCc4ccccc43)C2=O)cc1. The quantitative estimate of drug-likeness (QED) is 0.681. The summed E-state index contributed by atoms with van der Waals surface area (Å²) < 4.78 is 4.67. The van der Waals surface area contributed by atoms with Gasteiger partial charge in [-0.15, -0.1) is 0 Å². The van der Waals surface area contributed by atoms with Gasteiger partial charge in [-0.1, -0.05) is 36.4 Å². The number of carbonyl (C=O) groups excluding carboxylic acids is 3. The Balaban J connectivity index is 1.58. The number of fused-ring (bicyclic) bond motifs is 2. The molecule has 1 aliphatic carbocycles. The van der Waals surface area contributed by atoms with Crippen molar-refractivity contribution in [1.82, 2.24) is 10.2 Å². The molecule has 2 aliphatic rings. The fourth-order valence-electron chi connectivity index (χ4n) is 3.78. The summed E-state index contributed by atoms with van der Waals surface area (Å²) in [6, 6.07) is 14.1. The van der Waals surface area contributed by atoms with Crippen LogP contribution in [0.5, 0.6) is 0 Å². The van der Waals surface area contributed by atoms with Gasteiger partial charge in [0.05, 0.1) is 19.2 Å². The number of urea groups is 1. The van der Waals surface area contributed by atoms with Gasteiger partial charge in [-0.05, 0) is 41.7 Å². The molecule has 3 amide bonds. The van der Waals surface area contributed by atoms with E-state index < -0.39 is 11.5 Å². The second-order valence-corrected chi connectivity index (χ2v) is 6.57. The van der Waals surface area contributed by atoms with Crippen molar-refractivity contribution >= 4 is 17.9 Å². The van der Waals surface area contributed by atoms with Crippen LogP contribution in [0.3, 0.4) is 0 Å². The van der Waals surface area contributed by atoms with Crippen molar-refractivity contribution in [3.8, 4) is 0 Å². The number of hydrogen-bond acceptors (Lipinski definition) is 4. The smallest absolute Gasteiger partial charge is 0.337 e. The first-order valence-electron chi connectivity index (χ1n) is 8.45. The molecular formula is C20H18N2O4. The van der Waals surface area contributed by atoms with Gasteiger partial charge in [0, 0.05) is 0 Å². The molecule has 0 saturated carbocycles. The highest BCUT2D eigenvalue weighted by Crippen LogP contribution is 2.41. The van der Waals surface area contributed by atoms with E-state index in [1.807, 2.05) is 24.3 Å². The first-order chi connectivity index (χ1) is 12.5. The van der Waals surface area contributed by atoms with Crippen LogP contribution in [0.1, 0.15) is 33.5 Å². The van der Waals surface area contributed by atoms with Crippen molar-refractivity contribution in [3.05, 3.63) is 70.8 Å². The molecule has 6 heteroatoms. The van der Waals surface area contributed by atoms with Gasteiger partial charge in [0.25, 0.3) is 5.91 Å². The maximum absolute atomic E-state index is 13.1. The minimum Gasteiger partial charge on any atom is -0.465 e. The summed E-state index contributed by atoms with van der Waals surface area (Å²) in [5, 5.41) is 2.91. The normalized spacial score (nSPS) is 21.0. The third kappa shape index (κ3) is 2.37. The molecule has 26 heavy (non-hydrogen) atoms. The number of aryl methyl sites for hydroxylation is 1. The van der Waals surface area contributed by atoms with Crippen molar-refractivity contribution in [2.24, 2.45) is 0 Å². The van der Waals surface area contributed by atoms with Crippen LogP contribution in [-0.2, 0) is 28.0 Å². The van der Waals surface area contributed by atoms with Crippen molar-refractivity contribution in [2.75, 3.05) is 7.11 Å². The summed E-state index contributed by atoms with van der Waals surface area (Å²) in [6.07, 6.45) is 1.35. The van der Waals surface area contributed by atoms with Crippen LogP contribution in [0, 0.1) is 0 Å². The second-order valence-electron chi connectivity index (χ2n) is 6.57. The Hall–Kier alpha value is -3.15. The molecule has 0 unspecified atom stereocenters. The van der Waals surface area contributed by atoms with Crippen LogP contribution in [0.2, 0.25) is 0 Å². The zero-order valence-electron chi connectivity index (χ0n) is 14.3. The lowest BCUT2D eigenvalue weighted by molar-refractivity contribution is -0.132. The molecule has 0 bridgehead atoms. The second kappa shape index (κ2) is 5.98. The number of nitrogens with zero attached hydrogens (tertiary/aromatic N) is 1. The topological polar surface area (TPSA) is 75.7 Å². The minimum absolute atomic E-state index is 0.163. The Morgan fingerprint density at radius 3 is 2.62 bits per heavy atom. The van der Waals surface area contributed by atoms with Gasteiger partial charge in [-0.3, -0.25) is 9.69 Å². The highest BCUT2D eigenvalue weighted by atomic mass is 16.5. The summed E-state index contributed by atoms with van der Waals surface area (Å²) in [4.78, 5) is 38.4. The number of esters is 1. The average Bonchev–Trinajstić information content (AvgIpc) is 3.15. The molecule has 2 aromatic carbocycles. The van der Waals surface area contributed by atoms with Crippen LogP contribution >= 0.6 is 0 Å². The van der Waals surface area contributed by atoms with Crippen molar-refractivity contribution in [3.63, 3.8) is 0 Å². The van der Waals surface area contributed by atoms with E-state index in [-0.39, 0.29) is 18.5 Å². The van der Waals surface area contributed by atoms with Gasteiger partial charge in [0.1, 0.15) is 5.54 Å². The lowest BCUT2D eigenvalue weighted by Gasteiger charge is -2.22. The van der Waals surface area contributed by atoms with Crippen LogP contribution in [0.15, 0.2) is 48.5 Å². The maximum atomic E-state index is 13.1. The Kier molecular flexibility index (Phi) is 3.76. The van der Waals surface area contributed by atoms with Crippen molar-refractivity contribution in [2.45, 2.75) is 24.9 Å². The molecule has 6 nitrogen and oxygen atoms in total. The molecule has 1 fully saturated rings. The number of amides is 3.